The molecule has 7 nitrogen and oxygen atoms in total. The van der Waals surface area contributed by atoms with E-state index in [0.717, 1.165) is 30.4 Å². The minimum absolute atomic E-state index is 0.157. The summed E-state index contributed by atoms with van der Waals surface area (Å²) in [5.74, 6) is -0.303. The topological polar surface area (TPSA) is 120 Å². The number of hydrogen-bond acceptors (Lipinski definition) is 6. The predicted octanol–water partition coefficient (Wildman–Crippen LogP) is 3.93. The number of aryl methyl sites for hydroxylation is 1. The molecule has 0 aliphatic heterocycles. The molecule has 8 heteroatoms. The number of aromatic amines is 1. The maximum Gasteiger partial charge on any atom is 0.180 e. The molecule has 0 aliphatic rings. The number of hydrogen-bond donors (Lipinski definition) is 3. The summed E-state index contributed by atoms with van der Waals surface area (Å²) in [5, 5.41) is 11.0. The second kappa shape index (κ2) is 6.71. The molecule has 0 fully saturated rings. The third kappa shape index (κ3) is 2.88. The Kier molecular flexibility index (Phi) is 4.23. The Morgan fingerprint density at radius 2 is 2.04 bits per heavy atom. The maximum absolute atomic E-state index is 14.8. The van der Waals surface area contributed by atoms with Crippen molar-refractivity contribution in [3.05, 3.63) is 42.1 Å². The van der Waals surface area contributed by atoms with Gasteiger partial charge in [0.15, 0.2) is 11.4 Å². The molecule has 138 valence electrons. The van der Waals surface area contributed by atoms with Crippen LogP contribution in [0.25, 0.3) is 33.4 Å². The highest BCUT2D eigenvalue weighted by atomic mass is 19.1. The van der Waals surface area contributed by atoms with E-state index >= 15 is 0 Å². The van der Waals surface area contributed by atoms with Crippen LogP contribution >= 0.6 is 0 Å². The second-order valence-electron chi connectivity index (χ2n) is 6.41. The molecule has 4 rings (SSSR count). The molecular formula is C19H19FN6O. The summed E-state index contributed by atoms with van der Waals surface area (Å²) in [6, 6.07) is 3.08. The third-order valence-electron chi connectivity index (χ3n) is 4.62. The third-order valence-corrected chi connectivity index (χ3v) is 4.62. The fourth-order valence-corrected chi connectivity index (χ4v) is 3.17. The van der Waals surface area contributed by atoms with E-state index in [2.05, 4.69) is 27.3 Å². The van der Waals surface area contributed by atoms with Crippen molar-refractivity contribution in [2.75, 3.05) is 11.5 Å². The maximum atomic E-state index is 14.8. The molecule has 0 aliphatic carbocycles. The number of aromatic nitrogens is 4. The number of nitrogens with two attached hydrogens (primary N) is 2. The van der Waals surface area contributed by atoms with Crippen LogP contribution in [-0.4, -0.2) is 20.3 Å². The summed E-state index contributed by atoms with van der Waals surface area (Å²) >= 11 is 0. The number of benzene rings is 1. The molecule has 0 amide bonds. The Morgan fingerprint density at radius 3 is 2.78 bits per heavy atom. The molecule has 1 aromatic carbocycles. The number of nitrogens with zero attached hydrogens (tertiary/aromatic N) is 3. The molecule has 3 heterocycles. The molecule has 0 unspecified atom stereocenters. The van der Waals surface area contributed by atoms with Gasteiger partial charge < -0.3 is 16.0 Å². The Hall–Kier alpha value is -3.42. The number of rotatable bonds is 5. The van der Waals surface area contributed by atoms with Crippen LogP contribution in [0.15, 0.2) is 35.2 Å². The lowest BCUT2D eigenvalue weighted by Crippen LogP contribution is -2.00. The number of H-pyrrole nitrogens is 1. The summed E-state index contributed by atoms with van der Waals surface area (Å²) in [6.07, 6.45) is 7.71. The van der Waals surface area contributed by atoms with Crippen LogP contribution in [0.2, 0.25) is 0 Å². The molecule has 0 saturated carbocycles. The highest BCUT2D eigenvalue weighted by Gasteiger charge is 2.21. The highest BCUT2D eigenvalue weighted by molar-refractivity contribution is 6.05. The van der Waals surface area contributed by atoms with Crippen LogP contribution in [0, 0.1) is 5.82 Å². The van der Waals surface area contributed by atoms with Crippen LogP contribution in [0.1, 0.15) is 25.3 Å². The van der Waals surface area contributed by atoms with E-state index in [1.807, 2.05) is 0 Å². The summed E-state index contributed by atoms with van der Waals surface area (Å²) in [6.45, 7) is 2.10. The zero-order chi connectivity index (χ0) is 19.0. The van der Waals surface area contributed by atoms with Crippen molar-refractivity contribution in [2.24, 2.45) is 0 Å². The minimum Gasteiger partial charge on any atom is -0.398 e. The van der Waals surface area contributed by atoms with E-state index in [1.54, 1.807) is 24.7 Å². The van der Waals surface area contributed by atoms with Crippen molar-refractivity contribution in [1.82, 2.24) is 20.3 Å². The molecule has 0 saturated heterocycles. The molecule has 3 aromatic heterocycles. The zero-order valence-corrected chi connectivity index (χ0v) is 14.8. The quantitative estimate of drug-likeness (QED) is 0.460. The number of nitrogens with one attached hydrogen (secondary N) is 1. The second-order valence-corrected chi connectivity index (χ2v) is 6.41. The molecule has 0 radical (unpaired) electrons. The fraction of sp³-hybridized carbons (Fsp3) is 0.211. The van der Waals surface area contributed by atoms with Crippen LogP contribution in [-0.2, 0) is 6.42 Å². The first-order valence-electron chi connectivity index (χ1n) is 8.71. The van der Waals surface area contributed by atoms with E-state index in [9.17, 15) is 4.39 Å². The van der Waals surface area contributed by atoms with Crippen LogP contribution in [0.3, 0.4) is 0 Å². The number of fused-ring (bicyclic) bond motifs is 1. The summed E-state index contributed by atoms with van der Waals surface area (Å²) in [7, 11) is 0. The zero-order valence-electron chi connectivity index (χ0n) is 14.8. The SMILES string of the molecule is CCCCc1cc(-c2ncc(-c3cn[nH]c3)c3onc(N)c23)c(F)cc1N. The standard InChI is InChI=1S/C19H19FN6O/c1-2-3-4-10-5-12(14(20)6-15(10)21)17-16-18(27-26-19(16)22)13(9-23-17)11-7-24-25-8-11/h5-9H,2-4,21H2,1H3,(H2,22,26)(H,24,25). The average Bonchev–Trinajstić information content (AvgIpc) is 3.31. The number of anilines is 2. The fourth-order valence-electron chi connectivity index (χ4n) is 3.17. The first-order chi connectivity index (χ1) is 13.1. The summed E-state index contributed by atoms with van der Waals surface area (Å²) in [4.78, 5) is 4.48. The molecule has 5 N–H and O–H groups in total. The normalized spacial score (nSPS) is 11.3. The van der Waals surface area contributed by atoms with E-state index in [0.29, 0.717) is 33.5 Å². The molecule has 0 bridgehead atoms. The van der Waals surface area contributed by atoms with Gasteiger partial charge in [-0.05, 0) is 30.5 Å². The molecule has 0 spiro atoms. The molecule has 27 heavy (non-hydrogen) atoms. The van der Waals surface area contributed by atoms with Gasteiger partial charge >= 0.3 is 0 Å². The van der Waals surface area contributed by atoms with Crippen molar-refractivity contribution in [3.8, 4) is 22.4 Å². The summed E-state index contributed by atoms with van der Waals surface area (Å²) in [5.41, 5.74) is 15.9. The van der Waals surface area contributed by atoms with Gasteiger partial charge in [-0.15, -0.1) is 0 Å². The van der Waals surface area contributed by atoms with Crippen molar-refractivity contribution in [2.45, 2.75) is 26.2 Å². The van der Waals surface area contributed by atoms with Crippen molar-refractivity contribution in [3.63, 3.8) is 0 Å². The van der Waals surface area contributed by atoms with Gasteiger partial charge in [-0.1, -0.05) is 18.5 Å². The average molecular weight is 366 g/mol. The first-order valence-corrected chi connectivity index (χ1v) is 8.71. The molecule has 0 atom stereocenters. The highest BCUT2D eigenvalue weighted by Crippen LogP contribution is 2.38. The van der Waals surface area contributed by atoms with Gasteiger partial charge in [0.05, 0.1) is 17.3 Å². The van der Waals surface area contributed by atoms with Gasteiger partial charge in [-0.2, -0.15) is 5.10 Å². The minimum atomic E-state index is -0.460. The monoisotopic (exact) mass is 366 g/mol. The van der Waals surface area contributed by atoms with Crippen LogP contribution < -0.4 is 11.5 Å². The van der Waals surface area contributed by atoms with Crippen molar-refractivity contribution >= 4 is 22.5 Å². The Morgan fingerprint density at radius 1 is 1.19 bits per heavy atom. The van der Waals surface area contributed by atoms with Gasteiger partial charge in [-0.3, -0.25) is 10.1 Å². The Labute approximate surface area is 154 Å². The number of pyridine rings is 1. The number of halogens is 1. The van der Waals surface area contributed by atoms with E-state index in [-0.39, 0.29) is 5.82 Å². The summed E-state index contributed by atoms with van der Waals surface area (Å²) < 4.78 is 20.2. The molecular weight excluding hydrogens is 347 g/mol. The van der Waals surface area contributed by atoms with Gasteiger partial charge in [0.1, 0.15) is 5.82 Å². The van der Waals surface area contributed by atoms with E-state index < -0.39 is 5.82 Å². The largest absolute Gasteiger partial charge is 0.398 e. The van der Waals surface area contributed by atoms with Gasteiger partial charge in [0, 0.05) is 34.8 Å². The Balaban J connectivity index is 1.93. The molecule has 4 aromatic rings. The van der Waals surface area contributed by atoms with Crippen molar-refractivity contribution < 1.29 is 8.91 Å². The smallest absolute Gasteiger partial charge is 0.180 e. The lowest BCUT2D eigenvalue weighted by Gasteiger charge is -2.11. The number of nitrogen functional groups attached to an aromatic ring is 2. The lowest BCUT2D eigenvalue weighted by molar-refractivity contribution is 0.461. The van der Waals surface area contributed by atoms with Crippen LogP contribution in [0.4, 0.5) is 15.9 Å². The van der Waals surface area contributed by atoms with Gasteiger partial charge in [0.2, 0.25) is 0 Å². The van der Waals surface area contributed by atoms with Crippen molar-refractivity contribution in [1.29, 1.82) is 0 Å². The van der Waals surface area contributed by atoms with Gasteiger partial charge in [-0.25, -0.2) is 4.39 Å². The predicted molar refractivity (Wildman–Crippen MR) is 102 cm³/mol. The Bertz CT molecular complexity index is 1100. The lowest BCUT2D eigenvalue weighted by atomic mass is 9.98. The number of unbranched alkanes of at least 4 members (excludes halogenated alkanes) is 1. The van der Waals surface area contributed by atoms with Gasteiger partial charge in [0.25, 0.3) is 0 Å². The van der Waals surface area contributed by atoms with Crippen LogP contribution in [0.5, 0.6) is 0 Å². The van der Waals surface area contributed by atoms with E-state index in [4.69, 9.17) is 16.0 Å². The van der Waals surface area contributed by atoms with E-state index in [1.165, 1.54) is 6.07 Å². The first kappa shape index (κ1) is 17.0.